The molecule has 2 aromatic rings. The van der Waals surface area contributed by atoms with Crippen LogP contribution in [0.4, 0.5) is 5.69 Å². The number of hydrogen-bond acceptors (Lipinski definition) is 6. The highest BCUT2D eigenvalue weighted by atomic mass is 16.5. The van der Waals surface area contributed by atoms with Crippen molar-refractivity contribution in [3.05, 3.63) is 59.2 Å². The average molecular weight is 426 g/mol. The summed E-state index contributed by atoms with van der Waals surface area (Å²) in [4.78, 5) is 35.1. The van der Waals surface area contributed by atoms with Gasteiger partial charge in [-0.05, 0) is 55.3 Å². The van der Waals surface area contributed by atoms with Gasteiger partial charge in [-0.2, -0.15) is 5.10 Å². The number of carbonyl (C=O) groups is 3. The monoisotopic (exact) mass is 426 g/mol. The van der Waals surface area contributed by atoms with Crippen LogP contribution in [0.1, 0.15) is 16.7 Å². The molecular weight excluding hydrogens is 400 g/mol. The zero-order valence-corrected chi connectivity index (χ0v) is 17.7. The molecule has 0 aliphatic carbocycles. The minimum absolute atomic E-state index is 0.130. The standard InChI is InChI=1S/C22H26N4O5/c1-15-4-9-19(16(2)12-15)25-20(27)14-31-18-7-5-17(6-8-18)13-24-26-22(29)21(28)23-10-11-30-3/h4-9,12-13H,10-11,14H2,1-3H3,(H,23,28)(H,25,27)(H,26,29)/b24-13-. The molecule has 0 aromatic heterocycles. The number of ether oxygens (including phenoxy) is 2. The van der Waals surface area contributed by atoms with E-state index in [-0.39, 0.29) is 19.1 Å². The number of carbonyl (C=O) groups excluding carboxylic acids is 3. The molecule has 9 heteroatoms. The molecule has 3 N–H and O–H groups in total. The smallest absolute Gasteiger partial charge is 0.329 e. The van der Waals surface area contributed by atoms with Crippen molar-refractivity contribution in [2.75, 3.05) is 32.2 Å². The van der Waals surface area contributed by atoms with E-state index >= 15 is 0 Å². The second-order valence-corrected chi connectivity index (χ2v) is 6.67. The van der Waals surface area contributed by atoms with Crippen molar-refractivity contribution in [2.45, 2.75) is 13.8 Å². The third-order valence-electron chi connectivity index (χ3n) is 4.08. The van der Waals surface area contributed by atoms with Crippen LogP contribution in [-0.4, -0.2) is 50.8 Å². The van der Waals surface area contributed by atoms with Crippen LogP contribution in [0.5, 0.6) is 5.75 Å². The molecule has 2 aromatic carbocycles. The second kappa shape index (κ2) is 12.1. The van der Waals surface area contributed by atoms with Gasteiger partial charge in [0.05, 0.1) is 12.8 Å². The van der Waals surface area contributed by atoms with Gasteiger partial charge in [0.1, 0.15) is 5.75 Å². The lowest BCUT2D eigenvalue weighted by Gasteiger charge is -2.10. The van der Waals surface area contributed by atoms with Crippen LogP contribution in [0.15, 0.2) is 47.6 Å². The highest BCUT2D eigenvalue weighted by Gasteiger charge is 2.11. The fourth-order valence-electron chi connectivity index (χ4n) is 2.50. The number of aryl methyl sites for hydroxylation is 2. The first-order chi connectivity index (χ1) is 14.9. The Morgan fingerprint density at radius 3 is 2.45 bits per heavy atom. The molecule has 0 saturated heterocycles. The Morgan fingerprint density at radius 1 is 1.03 bits per heavy atom. The fourth-order valence-corrected chi connectivity index (χ4v) is 2.50. The van der Waals surface area contributed by atoms with Gasteiger partial charge in [0.15, 0.2) is 6.61 Å². The maximum Gasteiger partial charge on any atom is 0.329 e. The van der Waals surface area contributed by atoms with Crippen LogP contribution >= 0.6 is 0 Å². The van der Waals surface area contributed by atoms with E-state index < -0.39 is 11.8 Å². The number of hydrogen-bond donors (Lipinski definition) is 3. The summed E-state index contributed by atoms with van der Waals surface area (Å²) in [5, 5.41) is 8.94. The summed E-state index contributed by atoms with van der Waals surface area (Å²) in [6.45, 7) is 4.33. The van der Waals surface area contributed by atoms with Crippen LogP contribution in [0.25, 0.3) is 0 Å². The zero-order chi connectivity index (χ0) is 22.6. The van der Waals surface area contributed by atoms with Crippen molar-refractivity contribution >= 4 is 29.6 Å². The van der Waals surface area contributed by atoms with Crippen molar-refractivity contribution in [1.29, 1.82) is 0 Å². The van der Waals surface area contributed by atoms with Gasteiger partial charge < -0.3 is 20.1 Å². The van der Waals surface area contributed by atoms with Crippen molar-refractivity contribution in [2.24, 2.45) is 5.10 Å². The van der Waals surface area contributed by atoms with Gasteiger partial charge in [-0.15, -0.1) is 0 Å². The Bertz CT molecular complexity index is 941. The number of rotatable bonds is 9. The minimum atomic E-state index is -0.873. The molecule has 0 bridgehead atoms. The van der Waals surface area contributed by atoms with E-state index in [1.54, 1.807) is 24.3 Å². The Kier molecular flexibility index (Phi) is 9.18. The SMILES string of the molecule is COCCNC(=O)C(=O)N/N=C\c1ccc(OCC(=O)Nc2ccc(C)cc2C)cc1. The summed E-state index contributed by atoms with van der Waals surface area (Å²) < 4.78 is 10.3. The fraction of sp³-hybridized carbons (Fsp3) is 0.273. The quantitative estimate of drug-likeness (QED) is 0.243. The number of benzene rings is 2. The first-order valence-electron chi connectivity index (χ1n) is 9.59. The van der Waals surface area contributed by atoms with Crippen molar-refractivity contribution in [1.82, 2.24) is 10.7 Å². The van der Waals surface area contributed by atoms with E-state index in [1.807, 2.05) is 32.0 Å². The summed E-state index contributed by atoms with van der Waals surface area (Å²) in [6.07, 6.45) is 1.39. The number of methoxy groups -OCH3 is 1. The van der Waals surface area contributed by atoms with E-state index in [0.29, 0.717) is 17.9 Å². The number of amides is 3. The molecule has 0 aliphatic rings. The molecular formula is C22H26N4O5. The van der Waals surface area contributed by atoms with Gasteiger partial charge in [-0.25, -0.2) is 5.43 Å². The molecule has 0 radical (unpaired) electrons. The van der Waals surface area contributed by atoms with E-state index in [1.165, 1.54) is 13.3 Å². The Labute approximate surface area is 180 Å². The lowest BCUT2D eigenvalue weighted by Crippen LogP contribution is -2.39. The number of nitrogens with one attached hydrogen (secondary N) is 3. The van der Waals surface area contributed by atoms with Gasteiger partial charge >= 0.3 is 11.8 Å². The molecule has 0 spiro atoms. The molecule has 0 saturated carbocycles. The molecule has 0 unspecified atom stereocenters. The molecule has 0 atom stereocenters. The maximum atomic E-state index is 12.1. The highest BCUT2D eigenvalue weighted by molar-refractivity contribution is 6.35. The van der Waals surface area contributed by atoms with Crippen LogP contribution < -0.4 is 20.8 Å². The van der Waals surface area contributed by atoms with E-state index in [2.05, 4.69) is 21.2 Å². The van der Waals surface area contributed by atoms with Crippen LogP contribution in [0.3, 0.4) is 0 Å². The van der Waals surface area contributed by atoms with Gasteiger partial charge in [0.2, 0.25) is 0 Å². The Morgan fingerprint density at radius 2 is 1.77 bits per heavy atom. The van der Waals surface area contributed by atoms with Crippen molar-refractivity contribution in [3.63, 3.8) is 0 Å². The molecule has 164 valence electrons. The third-order valence-corrected chi connectivity index (χ3v) is 4.08. The number of hydrazone groups is 1. The van der Waals surface area contributed by atoms with Gasteiger partial charge in [-0.3, -0.25) is 14.4 Å². The molecule has 3 amide bonds. The minimum Gasteiger partial charge on any atom is -0.484 e. The summed E-state index contributed by atoms with van der Waals surface area (Å²) in [5.41, 5.74) is 5.67. The average Bonchev–Trinajstić information content (AvgIpc) is 2.75. The van der Waals surface area contributed by atoms with Crippen LogP contribution in [0, 0.1) is 13.8 Å². The predicted molar refractivity (Wildman–Crippen MR) is 117 cm³/mol. The number of nitrogens with zero attached hydrogens (tertiary/aromatic N) is 1. The molecule has 0 aliphatic heterocycles. The predicted octanol–water partition coefficient (Wildman–Crippen LogP) is 1.53. The zero-order valence-electron chi connectivity index (χ0n) is 17.7. The number of anilines is 1. The van der Waals surface area contributed by atoms with Gasteiger partial charge in [-0.1, -0.05) is 17.7 Å². The Hall–Kier alpha value is -3.72. The Balaban J connectivity index is 1.77. The second-order valence-electron chi connectivity index (χ2n) is 6.67. The molecule has 9 nitrogen and oxygen atoms in total. The summed E-state index contributed by atoms with van der Waals surface area (Å²) >= 11 is 0. The van der Waals surface area contributed by atoms with Crippen LogP contribution in [-0.2, 0) is 19.1 Å². The van der Waals surface area contributed by atoms with E-state index in [9.17, 15) is 14.4 Å². The lowest BCUT2D eigenvalue weighted by molar-refractivity contribution is -0.139. The van der Waals surface area contributed by atoms with E-state index in [4.69, 9.17) is 9.47 Å². The van der Waals surface area contributed by atoms with Crippen molar-refractivity contribution < 1.29 is 23.9 Å². The van der Waals surface area contributed by atoms with Crippen LogP contribution in [0.2, 0.25) is 0 Å². The first-order valence-corrected chi connectivity index (χ1v) is 9.59. The third kappa shape index (κ3) is 8.27. The van der Waals surface area contributed by atoms with Gasteiger partial charge in [0.25, 0.3) is 5.91 Å². The summed E-state index contributed by atoms with van der Waals surface area (Å²) in [6, 6.07) is 12.5. The molecule has 31 heavy (non-hydrogen) atoms. The maximum absolute atomic E-state index is 12.1. The lowest BCUT2D eigenvalue weighted by atomic mass is 10.1. The summed E-state index contributed by atoms with van der Waals surface area (Å²) in [7, 11) is 1.49. The van der Waals surface area contributed by atoms with E-state index in [0.717, 1.165) is 16.8 Å². The molecule has 2 rings (SSSR count). The van der Waals surface area contributed by atoms with Gasteiger partial charge in [0, 0.05) is 19.3 Å². The highest BCUT2D eigenvalue weighted by Crippen LogP contribution is 2.16. The molecule has 0 fully saturated rings. The first kappa shape index (κ1) is 23.6. The van der Waals surface area contributed by atoms with Crippen molar-refractivity contribution in [3.8, 4) is 5.75 Å². The normalized spacial score (nSPS) is 10.5. The molecule has 0 heterocycles. The topological polar surface area (TPSA) is 118 Å². The summed E-state index contributed by atoms with van der Waals surface area (Å²) in [5.74, 6) is -1.42. The largest absolute Gasteiger partial charge is 0.484 e.